The molecular weight excluding hydrogens is 426 g/mol. The minimum absolute atomic E-state index is 0.308. The highest BCUT2D eigenvalue weighted by atomic mass is 16.2. The summed E-state index contributed by atoms with van der Waals surface area (Å²) < 4.78 is 2.12. The smallest absolute Gasteiger partial charge is 0.224 e. The maximum Gasteiger partial charge on any atom is 0.224 e. The zero-order chi connectivity index (χ0) is 23.8. The van der Waals surface area contributed by atoms with Crippen molar-refractivity contribution in [1.29, 1.82) is 0 Å². The lowest BCUT2D eigenvalue weighted by atomic mass is 10.1. The number of anilines is 2. The number of carbonyl (C=O) groups is 1. The number of hydrogen-bond acceptors (Lipinski definition) is 6. The van der Waals surface area contributed by atoms with Crippen LogP contribution < -0.4 is 16.0 Å². The Morgan fingerprint density at radius 1 is 1.09 bits per heavy atom. The number of benzene rings is 1. The molecule has 8 heteroatoms. The fourth-order valence-electron chi connectivity index (χ4n) is 4.37. The van der Waals surface area contributed by atoms with Gasteiger partial charge >= 0.3 is 0 Å². The number of amides is 1. The predicted molar refractivity (Wildman–Crippen MR) is 139 cm³/mol. The lowest BCUT2D eigenvalue weighted by molar-refractivity contribution is -0.132. The first-order valence-electron chi connectivity index (χ1n) is 12.6. The van der Waals surface area contributed by atoms with Crippen LogP contribution in [0.2, 0.25) is 0 Å². The maximum absolute atomic E-state index is 12.3. The third kappa shape index (κ3) is 6.05. The molecule has 2 aromatic heterocycles. The molecule has 34 heavy (non-hydrogen) atoms. The van der Waals surface area contributed by atoms with Gasteiger partial charge in [-0.2, -0.15) is 4.98 Å². The molecule has 4 rings (SSSR count). The lowest BCUT2D eigenvalue weighted by Gasteiger charge is -2.26. The molecule has 0 unspecified atom stereocenters. The zero-order valence-electron chi connectivity index (χ0n) is 20.4. The number of rotatable bonds is 11. The molecule has 3 heterocycles. The average molecular weight is 464 g/mol. The standard InChI is InChI=1S/C26H37N7O/c1-3-12-29-25-22-10-9-21(17-23(22)30-26(27-2)31-25)33-16-11-20(19-33)18-28-13-7-8-24(34)32-14-5-4-6-15-32/h9-11,16-17,19,28H,3-8,12-15,18H2,1-2H3,(H2,27,29,30,31). The van der Waals surface area contributed by atoms with E-state index in [4.69, 9.17) is 0 Å². The van der Waals surface area contributed by atoms with Gasteiger partial charge in [0.2, 0.25) is 11.9 Å². The van der Waals surface area contributed by atoms with Crippen LogP contribution in [0, 0.1) is 0 Å². The van der Waals surface area contributed by atoms with E-state index < -0.39 is 0 Å². The summed E-state index contributed by atoms with van der Waals surface area (Å²) in [6.07, 6.45) is 10.3. The topological polar surface area (TPSA) is 87.1 Å². The Hall–Kier alpha value is -3.13. The summed E-state index contributed by atoms with van der Waals surface area (Å²) in [5, 5.41) is 11.0. The van der Waals surface area contributed by atoms with Crippen LogP contribution in [-0.2, 0) is 11.3 Å². The van der Waals surface area contributed by atoms with Gasteiger partial charge in [-0.05, 0) is 68.5 Å². The number of nitrogens with one attached hydrogen (secondary N) is 3. The van der Waals surface area contributed by atoms with E-state index in [1.54, 1.807) is 0 Å². The predicted octanol–water partition coefficient (Wildman–Crippen LogP) is 4.17. The normalized spacial score (nSPS) is 13.9. The summed E-state index contributed by atoms with van der Waals surface area (Å²) in [5.74, 6) is 1.78. The number of piperidine rings is 1. The minimum atomic E-state index is 0.308. The Morgan fingerprint density at radius 3 is 2.74 bits per heavy atom. The lowest BCUT2D eigenvalue weighted by Crippen LogP contribution is -2.35. The fraction of sp³-hybridized carbons (Fsp3) is 0.500. The Morgan fingerprint density at radius 2 is 1.94 bits per heavy atom. The molecule has 1 fully saturated rings. The van der Waals surface area contributed by atoms with E-state index in [0.717, 1.165) is 80.8 Å². The molecule has 182 valence electrons. The van der Waals surface area contributed by atoms with Gasteiger partial charge in [-0.25, -0.2) is 4.98 Å². The van der Waals surface area contributed by atoms with Crippen LogP contribution in [0.3, 0.4) is 0 Å². The van der Waals surface area contributed by atoms with Crippen molar-refractivity contribution >= 4 is 28.6 Å². The summed E-state index contributed by atoms with van der Waals surface area (Å²) in [7, 11) is 1.84. The van der Waals surface area contributed by atoms with Gasteiger partial charge in [-0.15, -0.1) is 0 Å². The third-order valence-electron chi connectivity index (χ3n) is 6.28. The van der Waals surface area contributed by atoms with Crippen LogP contribution in [-0.4, -0.2) is 58.6 Å². The van der Waals surface area contributed by atoms with E-state index in [1.807, 2.05) is 11.9 Å². The highest BCUT2D eigenvalue weighted by Crippen LogP contribution is 2.25. The monoisotopic (exact) mass is 463 g/mol. The summed E-state index contributed by atoms with van der Waals surface area (Å²) in [6, 6.07) is 8.41. The minimum Gasteiger partial charge on any atom is -0.369 e. The molecular formula is C26H37N7O. The van der Waals surface area contributed by atoms with Crippen molar-refractivity contribution in [2.24, 2.45) is 0 Å². The maximum atomic E-state index is 12.3. The third-order valence-corrected chi connectivity index (χ3v) is 6.28. The first kappa shape index (κ1) is 24.0. The van der Waals surface area contributed by atoms with Gasteiger partial charge in [0.1, 0.15) is 5.82 Å². The molecule has 8 nitrogen and oxygen atoms in total. The van der Waals surface area contributed by atoms with Crippen molar-refractivity contribution in [3.8, 4) is 5.69 Å². The van der Waals surface area contributed by atoms with Gasteiger partial charge in [-0.3, -0.25) is 4.79 Å². The largest absolute Gasteiger partial charge is 0.369 e. The van der Waals surface area contributed by atoms with Gasteiger partial charge in [-0.1, -0.05) is 6.92 Å². The van der Waals surface area contributed by atoms with Gasteiger partial charge in [0.05, 0.1) is 5.52 Å². The zero-order valence-corrected chi connectivity index (χ0v) is 20.4. The number of aromatic nitrogens is 3. The van der Waals surface area contributed by atoms with Crippen molar-refractivity contribution in [3.63, 3.8) is 0 Å². The molecule has 0 atom stereocenters. The summed E-state index contributed by atoms with van der Waals surface area (Å²) >= 11 is 0. The SMILES string of the molecule is CCCNc1nc(NC)nc2cc(-n3ccc(CNCCCC(=O)N4CCCCC4)c3)ccc12. The van der Waals surface area contributed by atoms with Gasteiger partial charge < -0.3 is 25.4 Å². The molecule has 0 spiro atoms. The van der Waals surface area contributed by atoms with Gasteiger partial charge in [0, 0.05) is 63.1 Å². The Kier molecular flexibility index (Phi) is 8.36. The van der Waals surface area contributed by atoms with Crippen LogP contribution >= 0.6 is 0 Å². The van der Waals surface area contributed by atoms with E-state index in [-0.39, 0.29) is 0 Å². The highest BCUT2D eigenvalue weighted by molar-refractivity contribution is 5.91. The van der Waals surface area contributed by atoms with Gasteiger partial charge in [0.25, 0.3) is 0 Å². The molecule has 3 N–H and O–H groups in total. The Balaban J connectivity index is 1.33. The molecule has 1 saturated heterocycles. The first-order chi connectivity index (χ1) is 16.7. The van der Waals surface area contributed by atoms with E-state index in [0.29, 0.717) is 18.3 Å². The molecule has 0 aliphatic carbocycles. The van der Waals surface area contributed by atoms with Crippen molar-refractivity contribution < 1.29 is 4.79 Å². The molecule has 1 aliphatic rings. The molecule has 1 aromatic carbocycles. The molecule has 0 saturated carbocycles. The Bertz CT molecular complexity index is 1090. The second kappa shape index (κ2) is 11.8. The highest BCUT2D eigenvalue weighted by Gasteiger charge is 2.15. The number of fused-ring (bicyclic) bond motifs is 1. The van der Waals surface area contributed by atoms with Crippen LogP contribution in [0.4, 0.5) is 11.8 Å². The van der Waals surface area contributed by atoms with Gasteiger partial charge in [0.15, 0.2) is 0 Å². The molecule has 0 bridgehead atoms. The van der Waals surface area contributed by atoms with E-state index in [9.17, 15) is 4.79 Å². The van der Waals surface area contributed by atoms with E-state index >= 15 is 0 Å². The summed E-state index contributed by atoms with van der Waals surface area (Å²) in [4.78, 5) is 23.5. The number of hydrogen-bond donors (Lipinski definition) is 3. The van der Waals surface area contributed by atoms with E-state index in [1.165, 1.54) is 12.0 Å². The average Bonchev–Trinajstić information content (AvgIpc) is 3.36. The Labute approximate surface area is 202 Å². The van der Waals surface area contributed by atoms with Crippen molar-refractivity contribution in [2.75, 3.05) is 43.9 Å². The summed E-state index contributed by atoms with van der Waals surface area (Å²) in [5.41, 5.74) is 3.18. The molecule has 1 amide bonds. The van der Waals surface area contributed by atoms with Crippen LogP contribution in [0.1, 0.15) is 51.0 Å². The second-order valence-electron chi connectivity index (χ2n) is 8.92. The second-order valence-corrected chi connectivity index (χ2v) is 8.92. The summed E-state index contributed by atoms with van der Waals surface area (Å²) in [6.45, 7) is 6.52. The molecule has 3 aromatic rings. The quantitative estimate of drug-likeness (QED) is 0.370. The fourth-order valence-corrected chi connectivity index (χ4v) is 4.37. The van der Waals surface area contributed by atoms with Crippen molar-refractivity contribution in [1.82, 2.24) is 24.8 Å². The molecule has 1 aliphatic heterocycles. The molecule has 0 radical (unpaired) electrons. The van der Waals surface area contributed by atoms with Crippen molar-refractivity contribution in [3.05, 3.63) is 42.2 Å². The number of carbonyl (C=O) groups excluding carboxylic acids is 1. The van der Waals surface area contributed by atoms with E-state index in [2.05, 4.69) is 74.1 Å². The van der Waals surface area contributed by atoms with Crippen LogP contribution in [0.25, 0.3) is 16.6 Å². The number of nitrogens with zero attached hydrogens (tertiary/aromatic N) is 4. The van der Waals surface area contributed by atoms with Crippen LogP contribution in [0.5, 0.6) is 0 Å². The van der Waals surface area contributed by atoms with Crippen molar-refractivity contribution in [2.45, 2.75) is 52.0 Å². The number of likely N-dealkylation sites (tertiary alicyclic amines) is 1. The first-order valence-corrected chi connectivity index (χ1v) is 12.6. The van der Waals surface area contributed by atoms with Crippen LogP contribution in [0.15, 0.2) is 36.7 Å².